The van der Waals surface area contributed by atoms with Gasteiger partial charge < -0.3 is 10.3 Å². The highest BCUT2D eigenvalue weighted by Crippen LogP contribution is 2.53. The van der Waals surface area contributed by atoms with Crippen molar-refractivity contribution in [2.45, 2.75) is 44.9 Å². The second-order valence-electron chi connectivity index (χ2n) is 7.27. The van der Waals surface area contributed by atoms with Crippen LogP contribution in [-0.2, 0) is 15.6 Å². The number of carbonyl (C=O) groups excluding carboxylic acids is 2. The number of amides is 1. The second-order valence-corrected chi connectivity index (χ2v) is 7.27. The average molecular weight is 310 g/mol. The molecule has 4 nitrogen and oxygen atoms in total. The summed E-state index contributed by atoms with van der Waals surface area (Å²) in [5, 5.41) is 0. The van der Waals surface area contributed by atoms with Crippen molar-refractivity contribution < 1.29 is 9.59 Å². The summed E-state index contributed by atoms with van der Waals surface area (Å²) in [7, 11) is 0. The molecule has 3 rings (SSSR count). The number of nitrogens with zero attached hydrogens (tertiary/aromatic N) is 1. The van der Waals surface area contributed by atoms with Crippen LogP contribution in [0.4, 0.5) is 0 Å². The first-order valence-electron chi connectivity index (χ1n) is 7.81. The SMILES string of the molecule is Cc1c2c(c(C=O)n1-c1ccccc1)C(C)(C(N)=O)CC2(C)C. The summed E-state index contributed by atoms with van der Waals surface area (Å²) in [6.45, 7) is 8.08. The first kappa shape index (κ1) is 15.5. The number of carbonyl (C=O) groups is 2. The van der Waals surface area contributed by atoms with Gasteiger partial charge in [-0.25, -0.2) is 0 Å². The van der Waals surface area contributed by atoms with E-state index < -0.39 is 5.41 Å². The van der Waals surface area contributed by atoms with Crippen LogP contribution in [0.2, 0.25) is 0 Å². The number of rotatable bonds is 3. The molecule has 2 aromatic rings. The molecule has 1 unspecified atom stereocenters. The number of hydrogen-bond donors (Lipinski definition) is 1. The topological polar surface area (TPSA) is 65.1 Å². The first-order valence-corrected chi connectivity index (χ1v) is 7.81. The monoisotopic (exact) mass is 310 g/mol. The van der Waals surface area contributed by atoms with Gasteiger partial charge in [0.05, 0.1) is 11.1 Å². The molecule has 0 saturated carbocycles. The Bertz CT molecular complexity index is 803. The molecule has 1 aliphatic rings. The van der Waals surface area contributed by atoms with E-state index >= 15 is 0 Å². The first-order chi connectivity index (χ1) is 10.7. The summed E-state index contributed by atoms with van der Waals surface area (Å²) in [6.07, 6.45) is 1.47. The van der Waals surface area contributed by atoms with Crippen molar-refractivity contribution in [2.24, 2.45) is 5.73 Å². The van der Waals surface area contributed by atoms with Crippen LogP contribution < -0.4 is 5.73 Å². The molecule has 1 aliphatic carbocycles. The molecule has 1 atom stereocenters. The zero-order valence-electron chi connectivity index (χ0n) is 14.0. The van der Waals surface area contributed by atoms with Crippen molar-refractivity contribution in [2.75, 3.05) is 0 Å². The van der Waals surface area contributed by atoms with Gasteiger partial charge in [-0.2, -0.15) is 0 Å². The number of benzene rings is 1. The summed E-state index contributed by atoms with van der Waals surface area (Å²) in [6, 6.07) is 9.74. The Labute approximate surface area is 136 Å². The minimum Gasteiger partial charge on any atom is -0.369 e. The van der Waals surface area contributed by atoms with Gasteiger partial charge in [-0.15, -0.1) is 0 Å². The van der Waals surface area contributed by atoms with Crippen LogP contribution >= 0.6 is 0 Å². The molecule has 120 valence electrons. The molecule has 0 radical (unpaired) electrons. The van der Waals surface area contributed by atoms with Gasteiger partial charge in [0, 0.05) is 16.9 Å². The van der Waals surface area contributed by atoms with Gasteiger partial charge in [-0.3, -0.25) is 9.59 Å². The van der Waals surface area contributed by atoms with Gasteiger partial charge in [-0.05, 0) is 43.4 Å². The van der Waals surface area contributed by atoms with E-state index in [1.54, 1.807) is 0 Å². The molecule has 1 aromatic carbocycles. The fourth-order valence-corrected chi connectivity index (χ4v) is 4.39. The summed E-state index contributed by atoms with van der Waals surface area (Å²) in [5.74, 6) is -0.377. The Morgan fingerprint density at radius 3 is 2.30 bits per heavy atom. The Morgan fingerprint density at radius 2 is 1.78 bits per heavy atom. The number of fused-ring (bicyclic) bond motifs is 1. The molecule has 0 spiro atoms. The average Bonchev–Trinajstić information content (AvgIpc) is 2.92. The van der Waals surface area contributed by atoms with E-state index in [1.165, 1.54) is 0 Å². The maximum Gasteiger partial charge on any atom is 0.227 e. The van der Waals surface area contributed by atoms with Crippen LogP contribution in [0.5, 0.6) is 0 Å². The van der Waals surface area contributed by atoms with Crippen molar-refractivity contribution >= 4 is 12.2 Å². The maximum atomic E-state index is 12.2. The number of nitrogens with two attached hydrogens (primary N) is 1. The van der Waals surface area contributed by atoms with Gasteiger partial charge in [-0.1, -0.05) is 32.0 Å². The van der Waals surface area contributed by atoms with E-state index in [-0.39, 0.29) is 11.3 Å². The van der Waals surface area contributed by atoms with Crippen molar-refractivity contribution in [1.82, 2.24) is 4.57 Å². The van der Waals surface area contributed by atoms with Crippen LogP contribution in [0.1, 0.15) is 54.5 Å². The predicted molar refractivity (Wildman–Crippen MR) is 90.1 cm³/mol. The fraction of sp³-hybridized carbons (Fsp3) is 0.368. The molecule has 0 bridgehead atoms. The summed E-state index contributed by atoms with van der Waals surface area (Å²) < 4.78 is 1.94. The van der Waals surface area contributed by atoms with Gasteiger partial charge >= 0.3 is 0 Å². The lowest BCUT2D eigenvalue weighted by Gasteiger charge is -2.26. The number of aromatic nitrogens is 1. The Balaban J connectivity index is 2.42. The Morgan fingerprint density at radius 1 is 1.17 bits per heavy atom. The second kappa shape index (κ2) is 4.82. The van der Waals surface area contributed by atoms with Gasteiger partial charge in [0.2, 0.25) is 5.91 Å². The number of hydrogen-bond acceptors (Lipinski definition) is 2. The minimum absolute atomic E-state index is 0.207. The Kier molecular flexibility index (Phi) is 3.25. The smallest absolute Gasteiger partial charge is 0.227 e. The Hall–Kier alpha value is -2.36. The third-order valence-corrected chi connectivity index (χ3v) is 5.14. The van der Waals surface area contributed by atoms with Crippen LogP contribution in [0, 0.1) is 6.92 Å². The molecule has 4 heteroatoms. The third kappa shape index (κ3) is 1.97. The van der Waals surface area contributed by atoms with Crippen molar-refractivity contribution in [3.63, 3.8) is 0 Å². The van der Waals surface area contributed by atoms with Crippen LogP contribution in [-0.4, -0.2) is 16.8 Å². The molecule has 23 heavy (non-hydrogen) atoms. The molecular formula is C19H22N2O2. The molecule has 0 aliphatic heterocycles. The lowest BCUT2D eigenvalue weighted by molar-refractivity contribution is -0.123. The van der Waals surface area contributed by atoms with E-state index in [1.807, 2.05) is 48.7 Å². The molecule has 1 amide bonds. The van der Waals surface area contributed by atoms with E-state index in [0.717, 1.165) is 28.8 Å². The standard InChI is InChI=1S/C19H22N2O2/c1-12-15-16(19(4,17(20)23)11-18(15,2)3)14(10-22)21(12)13-8-6-5-7-9-13/h5-10H,11H2,1-4H3,(H2,20,23). The normalized spacial score (nSPS) is 21.9. The zero-order chi connectivity index (χ0) is 17.0. The molecule has 0 fully saturated rings. The van der Waals surface area contributed by atoms with Crippen LogP contribution in [0.3, 0.4) is 0 Å². The number of aldehydes is 1. The zero-order valence-corrected chi connectivity index (χ0v) is 14.0. The molecule has 0 saturated heterocycles. The molecule has 1 heterocycles. The highest BCUT2D eigenvalue weighted by molar-refractivity contribution is 5.93. The van der Waals surface area contributed by atoms with E-state index in [0.29, 0.717) is 12.1 Å². The molecule has 2 N–H and O–H groups in total. The highest BCUT2D eigenvalue weighted by atomic mass is 16.1. The largest absolute Gasteiger partial charge is 0.369 e. The fourth-order valence-electron chi connectivity index (χ4n) is 4.39. The van der Waals surface area contributed by atoms with Gasteiger partial charge in [0.25, 0.3) is 0 Å². The maximum absolute atomic E-state index is 12.2. The summed E-state index contributed by atoms with van der Waals surface area (Å²) in [5.41, 5.74) is 9.03. The lowest BCUT2D eigenvalue weighted by Crippen LogP contribution is -2.38. The lowest BCUT2D eigenvalue weighted by atomic mass is 9.79. The quantitative estimate of drug-likeness (QED) is 0.886. The molecule has 1 aromatic heterocycles. The van der Waals surface area contributed by atoms with Gasteiger partial charge in [0.1, 0.15) is 0 Å². The highest BCUT2D eigenvalue weighted by Gasteiger charge is 2.52. The minimum atomic E-state index is -0.820. The van der Waals surface area contributed by atoms with Crippen molar-refractivity contribution in [3.05, 3.63) is 52.8 Å². The molecular weight excluding hydrogens is 288 g/mol. The van der Waals surface area contributed by atoms with Crippen molar-refractivity contribution in [1.29, 1.82) is 0 Å². The van der Waals surface area contributed by atoms with Crippen LogP contribution in [0.15, 0.2) is 30.3 Å². The summed E-state index contributed by atoms with van der Waals surface area (Å²) in [4.78, 5) is 24.1. The number of primary amides is 1. The third-order valence-electron chi connectivity index (χ3n) is 5.14. The number of para-hydroxylation sites is 1. The van der Waals surface area contributed by atoms with E-state index in [4.69, 9.17) is 5.73 Å². The van der Waals surface area contributed by atoms with Gasteiger partial charge in [0.15, 0.2) is 6.29 Å². The summed E-state index contributed by atoms with van der Waals surface area (Å²) >= 11 is 0. The van der Waals surface area contributed by atoms with E-state index in [9.17, 15) is 9.59 Å². The van der Waals surface area contributed by atoms with Crippen LogP contribution in [0.25, 0.3) is 5.69 Å². The van der Waals surface area contributed by atoms with Crippen molar-refractivity contribution in [3.8, 4) is 5.69 Å². The van der Waals surface area contributed by atoms with E-state index in [2.05, 4.69) is 13.8 Å². The predicted octanol–water partition coefficient (Wildman–Crippen LogP) is 3.02.